The highest BCUT2D eigenvalue weighted by molar-refractivity contribution is 6.73. The van der Waals surface area contributed by atoms with Gasteiger partial charge >= 0.3 is 12.0 Å². The third kappa shape index (κ3) is 4.40. The summed E-state index contributed by atoms with van der Waals surface area (Å²) in [6.45, 7) is 10.7. The molecule has 5 atom stereocenters. The molecule has 1 fully saturated rings. The van der Waals surface area contributed by atoms with Crippen molar-refractivity contribution in [2.24, 2.45) is 11.8 Å². The first-order valence-corrected chi connectivity index (χ1v) is 15.0. The highest BCUT2D eigenvalue weighted by Gasteiger charge is 2.75. The van der Waals surface area contributed by atoms with Crippen molar-refractivity contribution in [3.63, 3.8) is 0 Å². The monoisotopic (exact) mass is 494 g/mol. The van der Waals surface area contributed by atoms with Crippen LogP contribution in [0.1, 0.15) is 40.2 Å². The lowest BCUT2D eigenvalue weighted by Gasteiger charge is -2.49. The van der Waals surface area contributed by atoms with E-state index in [9.17, 15) is 9.59 Å². The summed E-state index contributed by atoms with van der Waals surface area (Å²) in [5, 5.41) is 0. The van der Waals surface area contributed by atoms with Crippen molar-refractivity contribution in [1.82, 2.24) is 0 Å². The quantitative estimate of drug-likeness (QED) is 0.176. The number of imide groups is 1. The number of benzene rings is 1. The minimum atomic E-state index is -1.89. The Morgan fingerprint density at radius 3 is 2.27 bits per heavy atom. The Morgan fingerprint density at radius 1 is 1.15 bits per heavy atom. The first kappa shape index (κ1) is 25.9. The zero-order valence-corrected chi connectivity index (χ0v) is 22.4. The van der Waals surface area contributed by atoms with Crippen LogP contribution in [-0.2, 0) is 20.6 Å². The molecular formula is C25H37ClNO5Si+. The molecule has 33 heavy (non-hydrogen) atoms. The van der Waals surface area contributed by atoms with Gasteiger partial charge in [-0.3, -0.25) is 0 Å². The highest BCUT2D eigenvalue weighted by Crippen LogP contribution is 2.51. The number of hydrogen-bond donors (Lipinski definition) is 0. The fourth-order valence-corrected chi connectivity index (χ4v) is 8.71. The van der Waals surface area contributed by atoms with Crippen LogP contribution >= 0.6 is 11.6 Å². The van der Waals surface area contributed by atoms with Crippen molar-refractivity contribution in [1.29, 1.82) is 0 Å². The standard InChI is InChI=1S/C25H37ClNO5Si/c1-7-33(8-2,9-3)32-18(5)22-23-17(4)20(14-26)15-27(23,24(22)28)25(29)31-16-19-10-12-21(30-6)13-11-19/h10-13,15,17-18,22-23H,7-9,14,16H2,1-6H3/q+1/t17-,18?,22+,23-,27?/m0/s1. The topological polar surface area (TPSA) is 61.8 Å². The number of fused-ring (bicyclic) bond motifs is 1. The normalized spacial score (nSPS) is 27.4. The second kappa shape index (κ2) is 10.3. The van der Waals surface area contributed by atoms with Crippen molar-refractivity contribution in [3.05, 3.63) is 41.6 Å². The lowest BCUT2D eigenvalue weighted by molar-refractivity contribution is -0.798. The Kier molecular flexibility index (Phi) is 8.10. The molecule has 0 spiro atoms. The van der Waals surface area contributed by atoms with Crippen molar-refractivity contribution in [3.8, 4) is 5.75 Å². The number of halogens is 1. The van der Waals surface area contributed by atoms with Gasteiger partial charge in [0.2, 0.25) is 0 Å². The summed E-state index contributed by atoms with van der Waals surface area (Å²) in [5.74, 6) is 0.532. The summed E-state index contributed by atoms with van der Waals surface area (Å²) in [6.07, 6.45) is 0.954. The third-order valence-corrected chi connectivity index (χ3v) is 12.9. The average molecular weight is 495 g/mol. The first-order chi connectivity index (χ1) is 15.7. The van der Waals surface area contributed by atoms with Gasteiger partial charge in [-0.15, -0.1) is 16.1 Å². The number of hydrogen-bond acceptors (Lipinski definition) is 5. The Bertz CT molecular complexity index is 892. The minimum absolute atomic E-state index is 0.00531. The Morgan fingerprint density at radius 2 is 1.76 bits per heavy atom. The van der Waals surface area contributed by atoms with Crippen LogP contribution in [0.3, 0.4) is 0 Å². The van der Waals surface area contributed by atoms with Crippen LogP contribution in [0.5, 0.6) is 5.75 Å². The zero-order chi connectivity index (χ0) is 24.4. The van der Waals surface area contributed by atoms with E-state index in [2.05, 4.69) is 20.8 Å². The van der Waals surface area contributed by atoms with E-state index in [-0.39, 0.29) is 42.4 Å². The second-order valence-corrected chi connectivity index (χ2v) is 14.2. The third-order valence-electron chi connectivity index (χ3n) is 7.81. The molecule has 2 aliphatic rings. The van der Waals surface area contributed by atoms with Gasteiger partial charge in [-0.1, -0.05) is 39.8 Å². The summed E-state index contributed by atoms with van der Waals surface area (Å²) >= 11 is 6.20. The van der Waals surface area contributed by atoms with E-state index in [1.807, 2.05) is 38.1 Å². The van der Waals surface area contributed by atoms with Gasteiger partial charge in [-0.2, -0.15) is 4.79 Å². The molecule has 6 nitrogen and oxygen atoms in total. The molecule has 0 aromatic heterocycles. The molecule has 2 unspecified atom stereocenters. The average Bonchev–Trinajstić information content (AvgIpc) is 3.10. The number of alkyl halides is 1. The molecule has 182 valence electrons. The predicted molar refractivity (Wildman–Crippen MR) is 131 cm³/mol. The van der Waals surface area contributed by atoms with Crippen LogP contribution in [0.2, 0.25) is 18.1 Å². The fraction of sp³-hybridized carbons (Fsp3) is 0.600. The summed E-state index contributed by atoms with van der Waals surface area (Å²) in [7, 11) is -0.291. The van der Waals surface area contributed by atoms with Crippen LogP contribution in [-0.4, -0.2) is 49.9 Å². The SMILES string of the molecule is CC[Si](CC)(CC)OC(C)[C@H]1C(=O)[N+]2(C(=O)OCc3ccc(OC)cc3)C=C(CCl)[C@H](C)[C@@H]12. The minimum Gasteiger partial charge on any atom is -0.497 e. The van der Waals surface area contributed by atoms with Gasteiger partial charge in [-0.05, 0) is 42.8 Å². The largest absolute Gasteiger partial charge is 0.529 e. The number of carbonyl (C=O) groups is 2. The van der Waals surface area contributed by atoms with Crippen LogP contribution in [0.4, 0.5) is 4.79 Å². The van der Waals surface area contributed by atoms with E-state index in [4.69, 9.17) is 25.5 Å². The molecule has 1 aromatic carbocycles. The van der Waals surface area contributed by atoms with Crippen molar-refractivity contribution in [2.45, 2.75) is 71.5 Å². The molecule has 2 aliphatic heterocycles. The Hall–Kier alpha value is -1.67. The fourth-order valence-electron chi connectivity index (χ4n) is 5.46. The van der Waals surface area contributed by atoms with E-state index in [1.165, 1.54) is 0 Å². The summed E-state index contributed by atoms with van der Waals surface area (Å²) in [4.78, 5) is 27.0. The van der Waals surface area contributed by atoms with Crippen molar-refractivity contribution < 1.29 is 28.0 Å². The maximum absolute atomic E-state index is 13.6. The lowest BCUT2D eigenvalue weighted by Crippen LogP contribution is -2.76. The zero-order valence-electron chi connectivity index (χ0n) is 20.6. The highest BCUT2D eigenvalue weighted by atomic mass is 35.5. The molecule has 1 aromatic rings. The lowest BCUT2D eigenvalue weighted by atomic mass is 9.75. The number of rotatable bonds is 10. The molecule has 8 heteroatoms. The van der Waals surface area contributed by atoms with Crippen LogP contribution in [0.15, 0.2) is 36.0 Å². The van der Waals surface area contributed by atoms with Crippen LogP contribution in [0.25, 0.3) is 0 Å². The molecule has 0 saturated carbocycles. The van der Waals surface area contributed by atoms with E-state index >= 15 is 0 Å². The number of carbonyl (C=O) groups excluding carboxylic acids is 2. The Labute approximate surface area is 203 Å². The van der Waals surface area contributed by atoms with Crippen LogP contribution < -0.4 is 4.74 Å². The van der Waals surface area contributed by atoms with E-state index < -0.39 is 18.9 Å². The van der Waals surface area contributed by atoms with Gasteiger partial charge in [0.25, 0.3) is 0 Å². The molecule has 2 amide bonds. The smallest absolute Gasteiger partial charge is 0.497 e. The molecule has 3 rings (SSSR count). The maximum atomic E-state index is 13.6. The number of methoxy groups -OCH3 is 1. The summed E-state index contributed by atoms with van der Waals surface area (Å²) in [5.41, 5.74) is 1.75. The predicted octanol–water partition coefficient (Wildman–Crippen LogP) is 5.86. The van der Waals surface area contributed by atoms with E-state index in [1.54, 1.807) is 13.3 Å². The van der Waals surface area contributed by atoms with E-state index in [0.29, 0.717) is 0 Å². The van der Waals surface area contributed by atoms with Crippen molar-refractivity contribution in [2.75, 3.05) is 13.0 Å². The van der Waals surface area contributed by atoms with Gasteiger partial charge in [0.15, 0.2) is 14.2 Å². The molecule has 0 aliphatic carbocycles. The number of β-lactam (4-membered cyclic amide) rings is 1. The van der Waals surface area contributed by atoms with Crippen LogP contribution in [0, 0.1) is 11.8 Å². The van der Waals surface area contributed by atoms with Gasteiger partial charge in [0.05, 0.1) is 13.2 Å². The Balaban J connectivity index is 1.81. The molecule has 0 radical (unpaired) electrons. The molecule has 2 heterocycles. The number of ether oxygens (including phenoxy) is 2. The van der Waals surface area contributed by atoms with Gasteiger partial charge in [0.1, 0.15) is 24.6 Å². The number of nitrogens with zero attached hydrogens (tertiary/aromatic N) is 1. The molecule has 1 saturated heterocycles. The number of amides is 2. The summed E-state index contributed by atoms with van der Waals surface area (Å²) < 4.78 is 17.1. The molecule has 0 N–H and O–H groups in total. The van der Waals surface area contributed by atoms with Crippen molar-refractivity contribution >= 4 is 31.9 Å². The van der Waals surface area contributed by atoms with Gasteiger partial charge in [0, 0.05) is 17.4 Å². The van der Waals surface area contributed by atoms with Gasteiger partial charge < -0.3 is 13.9 Å². The summed E-state index contributed by atoms with van der Waals surface area (Å²) in [6, 6.07) is 10.1. The van der Waals surface area contributed by atoms with Gasteiger partial charge in [-0.25, -0.2) is 4.79 Å². The molecule has 0 bridgehead atoms. The number of quaternary nitrogens is 1. The first-order valence-electron chi connectivity index (χ1n) is 11.9. The molecular weight excluding hydrogens is 458 g/mol. The maximum Gasteiger partial charge on any atom is 0.529 e. The van der Waals surface area contributed by atoms with E-state index in [0.717, 1.165) is 35.0 Å². The second-order valence-electron chi connectivity index (χ2n) is 9.23.